The zero-order valence-corrected chi connectivity index (χ0v) is 14.4. The minimum atomic E-state index is -0.0913. The fourth-order valence-corrected chi connectivity index (χ4v) is 2.52. The van der Waals surface area contributed by atoms with E-state index in [9.17, 15) is 4.79 Å². The highest BCUT2D eigenvalue weighted by atomic mass is 35.5. The van der Waals surface area contributed by atoms with Crippen molar-refractivity contribution in [3.63, 3.8) is 0 Å². The van der Waals surface area contributed by atoms with Gasteiger partial charge in [0.05, 0.1) is 10.6 Å². The van der Waals surface area contributed by atoms with E-state index in [1.54, 1.807) is 4.90 Å². The quantitative estimate of drug-likeness (QED) is 0.683. The molecule has 1 aromatic heterocycles. The maximum atomic E-state index is 12.5. The van der Waals surface area contributed by atoms with Crippen molar-refractivity contribution in [2.24, 2.45) is 0 Å². The Kier molecular flexibility index (Phi) is 8.01. The molecule has 0 bridgehead atoms. The van der Waals surface area contributed by atoms with Crippen LogP contribution in [0.5, 0.6) is 0 Å². The summed E-state index contributed by atoms with van der Waals surface area (Å²) in [5, 5.41) is 0.619. The van der Waals surface area contributed by atoms with E-state index >= 15 is 0 Å². The van der Waals surface area contributed by atoms with Gasteiger partial charge >= 0.3 is 0 Å². The van der Waals surface area contributed by atoms with Gasteiger partial charge in [0.1, 0.15) is 5.15 Å². The van der Waals surface area contributed by atoms with Crippen molar-refractivity contribution >= 4 is 29.1 Å². The molecule has 0 N–H and O–H groups in total. The van der Waals surface area contributed by atoms with Crippen LogP contribution in [-0.2, 0) is 0 Å². The average Bonchev–Trinajstić information content (AvgIpc) is 2.49. The summed E-state index contributed by atoms with van der Waals surface area (Å²) < 4.78 is 0. The van der Waals surface area contributed by atoms with E-state index < -0.39 is 0 Å². The monoisotopic (exact) mass is 331 g/mol. The van der Waals surface area contributed by atoms with Crippen LogP contribution in [0.1, 0.15) is 37.6 Å². The van der Waals surface area contributed by atoms with Gasteiger partial charge in [-0.3, -0.25) is 4.79 Å². The third-order valence-electron chi connectivity index (χ3n) is 3.52. The van der Waals surface area contributed by atoms with Crippen LogP contribution in [0.15, 0.2) is 12.3 Å². The molecule has 0 saturated carbocycles. The molecule has 0 radical (unpaired) electrons. The molecule has 0 aliphatic carbocycles. The number of carbonyl (C=O) groups excluding carboxylic acids is 1. The highest BCUT2D eigenvalue weighted by Crippen LogP contribution is 2.20. The predicted octanol–water partition coefficient (Wildman–Crippen LogP) is 3.58. The third kappa shape index (κ3) is 5.46. The van der Waals surface area contributed by atoms with E-state index in [4.69, 9.17) is 23.2 Å². The Bertz CT molecular complexity index is 464. The minimum Gasteiger partial charge on any atom is -0.339 e. The zero-order chi connectivity index (χ0) is 15.8. The normalized spacial score (nSPS) is 11.0. The van der Waals surface area contributed by atoms with Crippen LogP contribution in [0.25, 0.3) is 0 Å². The highest BCUT2D eigenvalue weighted by molar-refractivity contribution is 6.35. The Labute approximate surface area is 137 Å². The second kappa shape index (κ2) is 9.23. The topological polar surface area (TPSA) is 36.4 Å². The summed E-state index contributed by atoms with van der Waals surface area (Å²) in [5.74, 6) is -0.0913. The largest absolute Gasteiger partial charge is 0.339 e. The summed E-state index contributed by atoms with van der Waals surface area (Å²) in [4.78, 5) is 20.5. The number of nitrogens with zero attached hydrogens (tertiary/aromatic N) is 3. The molecule has 0 aliphatic rings. The summed E-state index contributed by atoms with van der Waals surface area (Å²) in [6, 6.07) is 1.53. The van der Waals surface area contributed by atoms with Crippen LogP contribution in [0, 0.1) is 0 Å². The number of aromatic nitrogens is 1. The Morgan fingerprint density at radius 2 is 1.81 bits per heavy atom. The molecule has 1 amide bonds. The number of halogens is 2. The smallest absolute Gasteiger partial charge is 0.255 e. The second-order valence-corrected chi connectivity index (χ2v) is 5.55. The fourth-order valence-electron chi connectivity index (χ4n) is 2.18. The molecule has 1 rings (SSSR count). The van der Waals surface area contributed by atoms with Gasteiger partial charge in [-0.05, 0) is 39.0 Å². The molecule has 0 fully saturated rings. The number of hydrogen-bond donors (Lipinski definition) is 0. The molecule has 0 unspecified atom stereocenters. The first-order valence-corrected chi connectivity index (χ1v) is 8.11. The molecule has 6 heteroatoms. The molecular formula is C15H23Cl2N3O. The van der Waals surface area contributed by atoms with Crippen LogP contribution in [0.3, 0.4) is 0 Å². The maximum absolute atomic E-state index is 12.5. The van der Waals surface area contributed by atoms with Crippen molar-refractivity contribution in [1.29, 1.82) is 0 Å². The predicted molar refractivity (Wildman–Crippen MR) is 88.2 cm³/mol. The van der Waals surface area contributed by atoms with Gasteiger partial charge in [-0.15, -0.1) is 0 Å². The van der Waals surface area contributed by atoms with Crippen molar-refractivity contribution in [1.82, 2.24) is 14.8 Å². The van der Waals surface area contributed by atoms with Gasteiger partial charge in [0.25, 0.3) is 5.91 Å². The highest BCUT2D eigenvalue weighted by Gasteiger charge is 2.18. The van der Waals surface area contributed by atoms with Crippen LogP contribution in [-0.4, -0.2) is 53.4 Å². The maximum Gasteiger partial charge on any atom is 0.255 e. The molecular weight excluding hydrogens is 309 g/mol. The summed E-state index contributed by atoms with van der Waals surface area (Å²) >= 11 is 11.9. The Morgan fingerprint density at radius 1 is 1.14 bits per heavy atom. The number of hydrogen-bond acceptors (Lipinski definition) is 3. The van der Waals surface area contributed by atoms with E-state index in [1.807, 2.05) is 6.92 Å². The van der Waals surface area contributed by atoms with Crippen molar-refractivity contribution in [3.05, 3.63) is 28.0 Å². The Hall–Kier alpha value is -0.840. The van der Waals surface area contributed by atoms with Crippen molar-refractivity contribution < 1.29 is 4.79 Å². The first-order valence-electron chi connectivity index (χ1n) is 7.36. The van der Waals surface area contributed by atoms with Gasteiger partial charge in [-0.25, -0.2) is 4.98 Å². The van der Waals surface area contributed by atoms with Gasteiger partial charge < -0.3 is 9.80 Å². The SMILES string of the molecule is CCN(CC)CCCN(CC)C(=O)c1cc(Cl)ncc1Cl. The lowest BCUT2D eigenvalue weighted by Gasteiger charge is -2.24. The first kappa shape index (κ1) is 18.2. The molecule has 0 spiro atoms. The number of rotatable bonds is 8. The van der Waals surface area contributed by atoms with E-state index in [2.05, 4.69) is 23.7 Å². The van der Waals surface area contributed by atoms with Crippen molar-refractivity contribution in [2.45, 2.75) is 27.2 Å². The van der Waals surface area contributed by atoms with Crippen LogP contribution < -0.4 is 0 Å². The fraction of sp³-hybridized carbons (Fsp3) is 0.600. The van der Waals surface area contributed by atoms with Gasteiger partial charge in [-0.2, -0.15) is 0 Å². The summed E-state index contributed by atoms with van der Waals surface area (Å²) in [6.07, 6.45) is 2.36. The molecule has 0 aromatic carbocycles. The molecule has 118 valence electrons. The van der Waals surface area contributed by atoms with Crippen molar-refractivity contribution in [3.8, 4) is 0 Å². The van der Waals surface area contributed by atoms with Crippen LogP contribution >= 0.6 is 23.2 Å². The van der Waals surface area contributed by atoms with E-state index in [0.29, 0.717) is 23.7 Å². The molecule has 21 heavy (non-hydrogen) atoms. The second-order valence-electron chi connectivity index (χ2n) is 4.75. The molecule has 1 heterocycles. The standard InChI is InChI=1S/C15H23Cl2N3O/c1-4-19(5-2)8-7-9-20(6-3)15(21)12-10-14(17)18-11-13(12)16/h10-11H,4-9H2,1-3H3. The lowest BCUT2D eigenvalue weighted by Crippen LogP contribution is -2.34. The average molecular weight is 332 g/mol. The summed E-state index contributed by atoms with van der Waals surface area (Å²) in [5.41, 5.74) is 0.418. The van der Waals surface area contributed by atoms with Gasteiger partial charge in [-0.1, -0.05) is 37.0 Å². The zero-order valence-electron chi connectivity index (χ0n) is 12.9. The van der Waals surface area contributed by atoms with Gasteiger partial charge in [0, 0.05) is 19.3 Å². The summed E-state index contributed by atoms with van der Waals surface area (Å²) in [6.45, 7) is 10.7. The van der Waals surface area contributed by atoms with E-state index in [1.165, 1.54) is 12.3 Å². The third-order valence-corrected chi connectivity index (χ3v) is 4.03. The lowest BCUT2D eigenvalue weighted by molar-refractivity contribution is 0.0757. The molecule has 1 aromatic rings. The van der Waals surface area contributed by atoms with Gasteiger partial charge in [0.2, 0.25) is 0 Å². The summed E-state index contributed by atoms with van der Waals surface area (Å²) in [7, 11) is 0. The van der Waals surface area contributed by atoms with Crippen LogP contribution in [0.4, 0.5) is 0 Å². The van der Waals surface area contributed by atoms with E-state index in [-0.39, 0.29) is 11.1 Å². The van der Waals surface area contributed by atoms with Crippen molar-refractivity contribution in [2.75, 3.05) is 32.7 Å². The number of pyridine rings is 1. The number of carbonyl (C=O) groups is 1. The lowest BCUT2D eigenvalue weighted by atomic mass is 10.2. The number of amides is 1. The van der Waals surface area contributed by atoms with Gasteiger partial charge in [0.15, 0.2) is 0 Å². The first-order chi connectivity index (χ1) is 10.0. The molecule has 4 nitrogen and oxygen atoms in total. The van der Waals surface area contributed by atoms with E-state index in [0.717, 1.165) is 26.1 Å². The Balaban J connectivity index is 2.67. The molecule has 0 saturated heterocycles. The van der Waals surface area contributed by atoms with Crippen LogP contribution in [0.2, 0.25) is 10.2 Å². The molecule has 0 aliphatic heterocycles. The minimum absolute atomic E-state index is 0.0913. The molecule has 0 atom stereocenters. The Morgan fingerprint density at radius 3 is 2.38 bits per heavy atom.